The molecule has 3 rings (SSSR count). The van der Waals surface area contributed by atoms with Gasteiger partial charge in [-0.1, -0.05) is 45.1 Å². The molecule has 1 amide bonds. The standard InChI is InChI=1S/C18H22N2O/c1-18(2,3)14-9-7-12(8-10-14)17(21)20-19-16-11-13-5-4-6-15(13)16/h4-5,7-10,13,15H,6,11H2,1-3H3,(H,20,21)/b19-16-. The molecule has 1 N–H and O–H groups in total. The Morgan fingerprint density at radius 1 is 1.24 bits per heavy atom. The Balaban J connectivity index is 1.62. The van der Waals surface area contributed by atoms with Gasteiger partial charge in [0.2, 0.25) is 0 Å². The smallest absolute Gasteiger partial charge is 0.267 e. The van der Waals surface area contributed by atoms with Crippen molar-refractivity contribution in [3.63, 3.8) is 0 Å². The zero-order valence-electron chi connectivity index (χ0n) is 12.9. The Morgan fingerprint density at radius 2 is 1.95 bits per heavy atom. The Labute approximate surface area is 126 Å². The number of fused-ring (bicyclic) bond motifs is 1. The normalized spacial score (nSPS) is 25.6. The number of nitrogens with zero attached hydrogens (tertiary/aromatic N) is 1. The van der Waals surface area contributed by atoms with Crippen molar-refractivity contribution in [2.75, 3.05) is 0 Å². The van der Waals surface area contributed by atoms with E-state index in [0.29, 0.717) is 17.4 Å². The summed E-state index contributed by atoms with van der Waals surface area (Å²) in [6, 6.07) is 7.78. The highest BCUT2D eigenvalue weighted by Crippen LogP contribution is 2.40. The van der Waals surface area contributed by atoms with Gasteiger partial charge in [0.25, 0.3) is 5.91 Å². The van der Waals surface area contributed by atoms with Gasteiger partial charge in [-0.3, -0.25) is 4.79 Å². The third kappa shape index (κ3) is 2.78. The van der Waals surface area contributed by atoms with Crippen LogP contribution in [0.15, 0.2) is 41.5 Å². The Kier molecular flexibility index (Phi) is 3.44. The number of carbonyl (C=O) groups excluding carboxylic acids is 1. The highest BCUT2D eigenvalue weighted by molar-refractivity contribution is 5.98. The molecule has 2 aliphatic carbocycles. The highest BCUT2D eigenvalue weighted by Gasteiger charge is 2.38. The number of allylic oxidation sites excluding steroid dienone is 2. The van der Waals surface area contributed by atoms with Crippen molar-refractivity contribution in [3.8, 4) is 0 Å². The Hall–Kier alpha value is -1.90. The lowest BCUT2D eigenvalue weighted by Gasteiger charge is -2.31. The molecule has 110 valence electrons. The molecular formula is C18H22N2O. The Bertz CT molecular complexity index is 605. The average Bonchev–Trinajstić information content (AvgIpc) is 2.79. The Morgan fingerprint density at radius 3 is 2.57 bits per heavy atom. The fourth-order valence-electron chi connectivity index (χ4n) is 2.97. The second kappa shape index (κ2) is 5.14. The van der Waals surface area contributed by atoms with Gasteiger partial charge >= 0.3 is 0 Å². The minimum atomic E-state index is -0.127. The maximum Gasteiger partial charge on any atom is 0.271 e. The number of rotatable bonds is 2. The van der Waals surface area contributed by atoms with E-state index in [2.05, 4.69) is 43.5 Å². The number of benzene rings is 1. The summed E-state index contributed by atoms with van der Waals surface area (Å²) in [6.07, 6.45) is 6.53. The van der Waals surface area contributed by atoms with E-state index < -0.39 is 0 Å². The highest BCUT2D eigenvalue weighted by atomic mass is 16.2. The molecular weight excluding hydrogens is 260 g/mol. The van der Waals surface area contributed by atoms with Gasteiger partial charge in [0.05, 0.1) is 0 Å². The summed E-state index contributed by atoms with van der Waals surface area (Å²) in [5, 5.41) is 4.30. The lowest BCUT2D eigenvalue weighted by Crippen LogP contribution is -2.35. The van der Waals surface area contributed by atoms with Crippen LogP contribution in [-0.4, -0.2) is 11.6 Å². The van der Waals surface area contributed by atoms with Gasteiger partial charge in [-0.2, -0.15) is 5.10 Å². The zero-order valence-corrected chi connectivity index (χ0v) is 12.9. The summed E-state index contributed by atoms with van der Waals surface area (Å²) in [4.78, 5) is 12.1. The van der Waals surface area contributed by atoms with Crippen LogP contribution < -0.4 is 5.43 Å². The summed E-state index contributed by atoms with van der Waals surface area (Å²) in [5.41, 5.74) is 5.81. The number of hydrogen-bond donors (Lipinski definition) is 1. The van der Waals surface area contributed by atoms with E-state index in [0.717, 1.165) is 18.6 Å². The van der Waals surface area contributed by atoms with E-state index in [4.69, 9.17) is 0 Å². The van der Waals surface area contributed by atoms with E-state index in [9.17, 15) is 4.79 Å². The predicted octanol–water partition coefficient (Wildman–Crippen LogP) is 3.67. The second-order valence-corrected chi connectivity index (χ2v) is 7.01. The van der Waals surface area contributed by atoms with Crippen molar-refractivity contribution in [2.45, 2.75) is 39.0 Å². The maximum absolute atomic E-state index is 12.1. The fraction of sp³-hybridized carbons (Fsp3) is 0.444. The van der Waals surface area contributed by atoms with E-state index >= 15 is 0 Å². The lowest BCUT2D eigenvalue weighted by molar-refractivity contribution is 0.0954. The second-order valence-electron chi connectivity index (χ2n) is 7.01. The average molecular weight is 282 g/mol. The number of hydrogen-bond acceptors (Lipinski definition) is 2. The van der Waals surface area contributed by atoms with Crippen LogP contribution in [0, 0.1) is 11.8 Å². The van der Waals surface area contributed by atoms with Crippen LogP contribution in [0.5, 0.6) is 0 Å². The van der Waals surface area contributed by atoms with Gasteiger partial charge in [-0.25, -0.2) is 5.43 Å². The van der Waals surface area contributed by atoms with Gasteiger partial charge in [-0.15, -0.1) is 0 Å². The number of amides is 1. The first kappa shape index (κ1) is 14.1. The quantitative estimate of drug-likeness (QED) is 0.652. The molecule has 0 spiro atoms. The van der Waals surface area contributed by atoms with Crippen molar-refractivity contribution < 1.29 is 4.79 Å². The van der Waals surface area contributed by atoms with E-state index in [1.54, 1.807) is 0 Å². The minimum absolute atomic E-state index is 0.103. The molecule has 21 heavy (non-hydrogen) atoms. The van der Waals surface area contributed by atoms with Crippen molar-refractivity contribution >= 4 is 11.6 Å². The largest absolute Gasteiger partial charge is 0.271 e. The molecule has 0 aliphatic heterocycles. The van der Waals surface area contributed by atoms with Crippen LogP contribution in [0.1, 0.15) is 49.5 Å². The molecule has 1 aromatic rings. The summed E-state index contributed by atoms with van der Waals surface area (Å²) < 4.78 is 0. The number of carbonyl (C=O) groups is 1. The molecule has 3 nitrogen and oxygen atoms in total. The van der Waals surface area contributed by atoms with Gasteiger partial charge in [0, 0.05) is 17.2 Å². The van der Waals surface area contributed by atoms with E-state index in [-0.39, 0.29) is 11.3 Å². The number of hydrazone groups is 1. The molecule has 1 fully saturated rings. The number of nitrogens with one attached hydrogen (secondary N) is 1. The molecule has 3 heteroatoms. The van der Waals surface area contributed by atoms with Gasteiger partial charge in [0.15, 0.2) is 0 Å². The monoisotopic (exact) mass is 282 g/mol. The van der Waals surface area contributed by atoms with E-state index in [1.165, 1.54) is 5.56 Å². The van der Waals surface area contributed by atoms with Crippen molar-refractivity contribution in [3.05, 3.63) is 47.5 Å². The first-order valence-corrected chi connectivity index (χ1v) is 7.59. The van der Waals surface area contributed by atoms with E-state index in [1.807, 2.05) is 24.3 Å². The molecule has 0 bridgehead atoms. The molecule has 0 saturated heterocycles. The SMILES string of the molecule is CC(C)(C)c1ccc(C(=O)N/N=C2/CC3C=CCC23)cc1. The molecule has 2 unspecified atom stereocenters. The maximum atomic E-state index is 12.1. The zero-order chi connectivity index (χ0) is 15.0. The van der Waals surface area contributed by atoms with Crippen molar-refractivity contribution in [2.24, 2.45) is 16.9 Å². The molecule has 0 radical (unpaired) electrons. The summed E-state index contributed by atoms with van der Waals surface area (Å²) >= 11 is 0. The third-order valence-corrected chi connectivity index (χ3v) is 4.48. The van der Waals surface area contributed by atoms with Gasteiger partial charge in [-0.05, 0) is 41.9 Å². The van der Waals surface area contributed by atoms with Crippen molar-refractivity contribution in [1.82, 2.24) is 5.43 Å². The minimum Gasteiger partial charge on any atom is -0.267 e. The lowest BCUT2D eigenvalue weighted by atomic mass is 9.74. The van der Waals surface area contributed by atoms with Gasteiger partial charge in [0.1, 0.15) is 0 Å². The van der Waals surface area contributed by atoms with Crippen LogP contribution >= 0.6 is 0 Å². The molecule has 1 aromatic carbocycles. The predicted molar refractivity (Wildman–Crippen MR) is 85.4 cm³/mol. The van der Waals surface area contributed by atoms with Crippen LogP contribution in [0.4, 0.5) is 0 Å². The fourth-order valence-corrected chi connectivity index (χ4v) is 2.97. The molecule has 1 saturated carbocycles. The first-order valence-electron chi connectivity index (χ1n) is 7.59. The van der Waals surface area contributed by atoms with Crippen LogP contribution in [0.3, 0.4) is 0 Å². The van der Waals surface area contributed by atoms with Crippen LogP contribution in [-0.2, 0) is 5.41 Å². The molecule has 2 atom stereocenters. The molecule has 2 aliphatic rings. The first-order chi connectivity index (χ1) is 9.95. The third-order valence-electron chi connectivity index (χ3n) is 4.48. The summed E-state index contributed by atoms with van der Waals surface area (Å²) in [5.74, 6) is 1.07. The summed E-state index contributed by atoms with van der Waals surface area (Å²) in [6.45, 7) is 6.49. The topological polar surface area (TPSA) is 41.5 Å². The molecule has 0 aromatic heterocycles. The molecule has 0 heterocycles. The van der Waals surface area contributed by atoms with Crippen LogP contribution in [0.25, 0.3) is 0 Å². The summed E-state index contributed by atoms with van der Waals surface area (Å²) in [7, 11) is 0. The van der Waals surface area contributed by atoms with Crippen LogP contribution in [0.2, 0.25) is 0 Å². The van der Waals surface area contributed by atoms with Crippen molar-refractivity contribution in [1.29, 1.82) is 0 Å². The van der Waals surface area contributed by atoms with Gasteiger partial charge < -0.3 is 0 Å².